The SMILES string of the molecule is N#Cc1cccc(COC(=O)c2ccc(-c3ccc(O)cc3)cc2)c1. The highest BCUT2D eigenvalue weighted by Gasteiger charge is 2.08. The topological polar surface area (TPSA) is 70.3 Å². The predicted octanol–water partition coefficient (Wildman–Crippen LogP) is 4.29. The van der Waals surface area contributed by atoms with Crippen molar-refractivity contribution in [3.05, 3.63) is 89.5 Å². The first kappa shape index (κ1) is 16.3. The van der Waals surface area contributed by atoms with E-state index in [1.165, 1.54) is 0 Å². The molecule has 122 valence electrons. The van der Waals surface area contributed by atoms with Crippen molar-refractivity contribution in [3.63, 3.8) is 0 Å². The van der Waals surface area contributed by atoms with Gasteiger partial charge in [0.1, 0.15) is 12.4 Å². The second kappa shape index (κ2) is 7.33. The van der Waals surface area contributed by atoms with Gasteiger partial charge in [0.2, 0.25) is 0 Å². The summed E-state index contributed by atoms with van der Waals surface area (Å²) in [5.41, 5.74) is 3.66. The van der Waals surface area contributed by atoms with Crippen LogP contribution in [0.3, 0.4) is 0 Å². The molecule has 4 heteroatoms. The van der Waals surface area contributed by atoms with Crippen molar-refractivity contribution < 1.29 is 14.6 Å². The zero-order valence-corrected chi connectivity index (χ0v) is 13.3. The number of nitrogens with zero attached hydrogens (tertiary/aromatic N) is 1. The second-order valence-electron chi connectivity index (χ2n) is 5.51. The summed E-state index contributed by atoms with van der Waals surface area (Å²) in [6, 6.07) is 22.9. The van der Waals surface area contributed by atoms with E-state index in [0.717, 1.165) is 16.7 Å². The van der Waals surface area contributed by atoms with Gasteiger partial charge in [0, 0.05) is 0 Å². The molecule has 25 heavy (non-hydrogen) atoms. The van der Waals surface area contributed by atoms with E-state index in [1.54, 1.807) is 42.5 Å². The molecule has 3 aromatic carbocycles. The molecule has 0 aliphatic carbocycles. The molecule has 0 saturated carbocycles. The van der Waals surface area contributed by atoms with Crippen LogP contribution in [0.2, 0.25) is 0 Å². The molecule has 0 bridgehead atoms. The highest BCUT2D eigenvalue weighted by atomic mass is 16.5. The standard InChI is InChI=1S/C21H15NO3/c22-13-15-2-1-3-16(12-15)14-25-21(24)19-6-4-17(5-7-19)18-8-10-20(23)11-9-18/h1-12,23H,14H2. The van der Waals surface area contributed by atoms with E-state index in [9.17, 15) is 9.90 Å². The smallest absolute Gasteiger partial charge is 0.338 e. The normalized spacial score (nSPS) is 10.0. The first-order chi connectivity index (χ1) is 12.2. The van der Waals surface area contributed by atoms with E-state index in [4.69, 9.17) is 10.00 Å². The number of aromatic hydroxyl groups is 1. The van der Waals surface area contributed by atoms with Crippen molar-refractivity contribution in [1.82, 2.24) is 0 Å². The summed E-state index contributed by atoms with van der Waals surface area (Å²) in [4.78, 5) is 12.1. The molecule has 0 saturated heterocycles. The van der Waals surface area contributed by atoms with E-state index in [2.05, 4.69) is 6.07 Å². The number of esters is 1. The average molecular weight is 329 g/mol. The van der Waals surface area contributed by atoms with Crippen molar-refractivity contribution in [3.8, 4) is 22.9 Å². The molecule has 0 spiro atoms. The van der Waals surface area contributed by atoms with Gasteiger partial charge in [-0.2, -0.15) is 5.26 Å². The molecule has 0 atom stereocenters. The van der Waals surface area contributed by atoms with E-state index in [0.29, 0.717) is 11.1 Å². The van der Waals surface area contributed by atoms with Crippen molar-refractivity contribution in [1.29, 1.82) is 5.26 Å². The first-order valence-corrected chi connectivity index (χ1v) is 7.71. The minimum atomic E-state index is -0.417. The molecule has 0 aliphatic heterocycles. The van der Waals surface area contributed by atoms with Gasteiger partial charge in [-0.1, -0.05) is 36.4 Å². The van der Waals surface area contributed by atoms with Crippen LogP contribution in [0.1, 0.15) is 21.5 Å². The molecule has 0 aromatic heterocycles. The lowest BCUT2D eigenvalue weighted by Crippen LogP contribution is -2.05. The number of nitriles is 1. The Balaban J connectivity index is 1.66. The number of hydrogen-bond donors (Lipinski definition) is 1. The maximum absolute atomic E-state index is 12.1. The third-order valence-corrected chi connectivity index (χ3v) is 3.75. The number of carbonyl (C=O) groups excluding carboxylic acids is 1. The number of rotatable bonds is 4. The average Bonchev–Trinajstić information content (AvgIpc) is 2.67. The summed E-state index contributed by atoms with van der Waals surface area (Å²) in [6.45, 7) is 0.119. The summed E-state index contributed by atoms with van der Waals surface area (Å²) in [7, 11) is 0. The third-order valence-electron chi connectivity index (χ3n) is 3.75. The van der Waals surface area contributed by atoms with Crippen LogP contribution in [0.5, 0.6) is 5.75 Å². The Morgan fingerprint density at radius 2 is 1.60 bits per heavy atom. The summed E-state index contributed by atoms with van der Waals surface area (Å²) in [6.07, 6.45) is 0. The lowest BCUT2D eigenvalue weighted by molar-refractivity contribution is 0.0472. The molecule has 4 nitrogen and oxygen atoms in total. The van der Waals surface area contributed by atoms with E-state index >= 15 is 0 Å². The van der Waals surface area contributed by atoms with E-state index < -0.39 is 5.97 Å². The van der Waals surface area contributed by atoms with Gasteiger partial charge < -0.3 is 9.84 Å². The van der Waals surface area contributed by atoms with E-state index in [-0.39, 0.29) is 12.4 Å². The summed E-state index contributed by atoms with van der Waals surface area (Å²) < 4.78 is 5.29. The lowest BCUT2D eigenvalue weighted by atomic mass is 10.0. The highest BCUT2D eigenvalue weighted by molar-refractivity contribution is 5.90. The maximum Gasteiger partial charge on any atom is 0.338 e. The van der Waals surface area contributed by atoms with Crippen LogP contribution >= 0.6 is 0 Å². The zero-order valence-electron chi connectivity index (χ0n) is 13.3. The minimum absolute atomic E-state index is 0.119. The fraction of sp³-hybridized carbons (Fsp3) is 0.0476. The number of ether oxygens (including phenoxy) is 1. The van der Waals surface area contributed by atoms with Gasteiger partial charge in [0.15, 0.2) is 0 Å². The zero-order chi connectivity index (χ0) is 17.6. The molecule has 0 fully saturated rings. The lowest BCUT2D eigenvalue weighted by Gasteiger charge is -2.07. The molecule has 0 aliphatic rings. The van der Waals surface area contributed by atoms with Crippen LogP contribution in [0, 0.1) is 11.3 Å². The van der Waals surface area contributed by atoms with Crippen LogP contribution in [-0.4, -0.2) is 11.1 Å². The fourth-order valence-electron chi connectivity index (χ4n) is 2.42. The predicted molar refractivity (Wildman–Crippen MR) is 93.8 cm³/mol. The van der Waals surface area contributed by atoms with Gasteiger partial charge >= 0.3 is 5.97 Å². The van der Waals surface area contributed by atoms with E-state index in [1.807, 2.05) is 30.3 Å². The quantitative estimate of drug-likeness (QED) is 0.725. The first-order valence-electron chi connectivity index (χ1n) is 7.71. The summed E-state index contributed by atoms with van der Waals surface area (Å²) >= 11 is 0. The molecular weight excluding hydrogens is 314 g/mol. The van der Waals surface area contributed by atoms with Gasteiger partial charge in [-0.05, 0) is 53.1 Å². The number of phenols is 1. The van der Waals surface area contributed by atoms with Crippen molar-refractivity contribution >= 4 is 5.97 Å². The number of phenolic OH excluding ortho intramolecular Hbond substituents is 1. The number of benzene rings is 3. The highest BCUT2D eigenvalue weighted by Crippen LogP contribution is 2.22. The van der Waals surface area contributed by atoms with Gasteiger partial charge in [-0.25, -0.2) is 4.79 Å². The van der Waals surface area contributed by atoms with Gasteiger partial charge in [0.05, 0.1) is 17.2 Å². The molecule has 3 rings (SSSR count). The monoisotopic (exact) mass is 329 g/mol. The Hall–Kier alpha value is -3.58. The fourth-order valence-corrected chi connectivity index (χ4v) is 2.42. The van der Waals surface area contributed by atoms with Gasteiger partial charge in [-0.3, -0.25) is 0 Å². The molecule has 0 unspecified atom stereocenters. The minimum Gasteiger partial charge on any atom is -0.508 e. The van der Waals surface area contributed by atoms with Gasteiger partial charge in [-0.15, -0.1) is 0 Å². The second-order valence-corrected chi connectivity index (χ2v) is 5.51. The van der Waals surface area contributed by atoms with Crippen LogP contribution in [0.25, 0.3) is 11.1 Å². The van der Waals surface area contributed by atoms with Crippen molar-refractivity contribution in [2.45, 2.75) is 6.61 Å². The van der Waals surface area contributed by atoms with Crippen molar-refractivity contribution in [2.24, 2.45) is 0 Å². The maximum atomic E-state index is 12.1. The molecular formula is C21H15NO3. The Labute approximate surface area is 145 Å². The van der Waals surface area contributed by atoms with Gasteiger partial charge in [0.25, 0.3) is 0 Å². The summed E-state index contributed by atoms with van der Waals surface area (Å²) in [5, 5.41) is 18.2. The Kier molecular flexibility index (Phi) is 4.77. The van der Waals surface area contributed by atoms with Crippen LogP contribution in [0.4, 0.5) is 0 Å². The molecule has 0 radical (unpaired) electrons. The van der Waals surface area contributed by atoms with Crippen LogP contribution in [-0.2, 0) is 11.3 Å². The summed E-state index contributed by atoms with van der Waals surface area (Å²) in [5.74, 6) is -0.205. The van der Waals surface area contributed by atoms with Crippen LogP contribution < -0.4 is 0 Å². The third kappa shape index (κ3) is 4.04. The Morgan fingerprint density at radius 3 is 2.24 bits per heavy atom. The molecule has 3 aromatic rings. The Bertz CT molecular complexity index is 923. The Morgan fingerprint density at radius 1 is 0.960 bits per heavy atom. The molecule has 0 heterocycles. The molecule has 1 N–H and O–H groups in total. The van der Waals surface area contributed by atoms with Crippen molar-refractivity contribution in [2.75, 3.05) is 0 Å². The molecule has 0 amide bonds. The van der Waals surface area contributed by atoms with Crippen LogP contribution in [0.15, 0.2) is 72.8 Å². The number of hydrogen-bond acceptors (Lipinski definition) is 4. The largest absolute Gasteiger partial charge is 0.508 e. The number of carbonyl (C=O) groups is 1.